The predicted octanol–water partition coefficient (Wildman–Crippen LogP) is 6.86. The van der Waals surface area contributed by atoms with Crippen LogP contribution in [-0.4, -0.2) is 26.4 Å². The SMILES string of the molecule is CC(C)(C)C1COC=CCC=COC1.CC=COCC(COC=CC)C(C)(C)C. The van der Waals surface area contributed by atoms with E-state index < -0.39 is 0 Å². The Morgan fingerprint density at radius 3 is 1.66 bits per heavy atom. The molecule has 1 rings (SSSR count). The molecule has 0 unspecified atom stereocenters. The van der Waals surface area contributed by atoms with E-state index in [4.69, 9.17) is 18.9 Å². The summed E-state index contributed by atoms with van der Waals surface area (Å²) in [6.45, 7) is 20.0. The molecule has 1 aliphatic heterocycles. The van der Waals surface area contributed by atoms with Crippen LogP contribution in [0, 0.1) is 22.7 Å². The molecule has 1 heterocycles. The highest BCUT2D eigenvalue weighted by Crippen LogP contribution is 2.27. The van der Waals surface area contributed by atoms with Crippen LogP contribution in [0.25, 0.3) is 0 Å². The lowest BCUT2D eigenvalue weighted by atomic mass is 9.82. The molecular weight excluding hydrogens is 364 g/mol. The molecule has 4 nitrogen and oxygen atoms in total. The lowest BCUT2D eigenvalue weighted by molar-refractivity contribution is 0.0547. The second kappa shape index (κ2) is 15.1. The summed E-state index contributed by atoms with van der Waals surface area (Å²) in [5, 5.41) is 0. The molecule has 0 aromatic heterocycles. The highest BCUT2D eigenvalue weighted by atomic mass is 16.5. The van der Waals surface area contributed by atoms with Crippen molar-refractivity contribution in [3.8, 4) is 0 Å². The molecule has 1 aliphatic rings. The van der Waals surface area contributed by atoms with Crippen molar-refractivity contribution in [2.45, 2.75) is 61.8 Å². The summed E-state index contributed by atoms with van der Waals surface area (Å²) in [6, 6.07) is 0. The second-order valence-corrected chi connectivity index (χ2v) is 9.38. The molecular formula is C25H44O4. The summed E-state index contributed by atoms with van der Waals surface area (Å²) in [6.07, 6.45) is 15.7. The van der Waals surface area contributed by atoms with E-state index in [-0.39, 0.29) is 10.8 Å². The van der Waals surface area contributed by atoms with Gasteiger partial charge in [0.2, 0.25) is 0 Å². The Hall–Kier alpha value is -1.84. The Morgan fingerprint density at radius 1 is 0.862 bits per heavy atom. The van der Waals surface area contributed by atoms with E-state index in [1.807, 2.05) is 38.2 Å². The van der Waals surface area contributed by atoms with Crippen molar-refractivity contribution in [1.29, 1.82) is 0 Å². The molecule has 0 N–H and O–H groups in total. The maximum Gasteiger partial charge on any atom is 0.0938 e. The summed E-state index contributed by atoms with van der Waals surface area (Å²) in [5.41, 5.74) is 0.421. The smallest absolute Gasteiger partial charge is 0.0938 e. The summed E-state index contributed by atoms with van der Waals surface area (Å²) in [7, 11) is 0. The first-order chi connectivity index (χ1) is 13.6. The zero-order valence-corrected chi connectivity index (χ0v) is 19.9. The Bertz CT molecular complexity index is 472. The average Bonchev–Trinajstić information content (AvgIpc) is 2.64. The van der Waals surface area contributed by atoms with E-state index in [2.05, 4.69) is 41.5 Å². The van der Waals surface area contributed by atoms with Crippen molar-refractivity contribution < 1.29 is 18.9 Å². The average molecular weight is 409 g/mol. The van der Waals surface area contributed by atoms with Gasteiger partial charge in [-0.2, -0.15) is 0 Å². The molecule has 0 bridgehead atoms. The molecule has 0 aromatic rings. The molecule has 0 saturated heterocycles. The van der Waals surface area contributed by atoms with Gasteiger partial charge in [-0.1, -0.05) is 53.7 Å². The number of hydrogen-bond acceptors (Lipinski definition) is 4. The number of rotatable bonds is 6. The van der Waals surface area contributed by atoms with Gasteiger partial charge in [0.25, 0.3) is 0 Å². The van der Waals surface area contributed by atoms with Gasteiger partial charge in [0.05, 0.1) is 51.5 Å². The quantitative estimate of drug-likeness (QED) is 0.450. The molecule has 0 saturated carbocycles. The third-order valence-corrected chi connectivity index (χ3v) is 4.76. The summed E-state index contributed by atoms with van der Waals surface area (Å²) >= 11 is 0. The minimum absolute atomic E-state index is 0.198. The maximum absolute atomic E-state index is 5.45. The van der Waals surface area contributed by atoms with E-state index in [1.54, 1.807) is 25.0 Å². The minimum atomic E-state index is 0.198. The maximum atomic E-state index is 5.45. The summed E-state index contributed by atoms with van der Waals surface area (Å²) in [5.74, 6) is 0.819. The highest BCUT2D eigenvalue weighted by Gasteiger charge is 2.26. The van der Waals surface area contributed by atoms with Gasteiger partial charge in [-0.25, -0.2) is 0 Å². The normalized spacial score (nSPS) is 19.1. The van der Waals surface area contributed by atoms with Gasteiger partial charge in [0, 0.05) is 11.8 Å². The van der Waals surface area contributed by atoms with Crippen molar-refractivity contribution in [3.05, 3.63) is 49.4 Å². The lowest BCUT2D eigenvalue weighted by Gasteiger charge is -2.29. The van der Waals surface area contributed by atoms with Gasteiger partial charge in [0.1, 0.15) is 0 Å². The molecule has 168 valence electrons. The van der Waals surface area contributed by atoms with Crippen LogP contribution in [0.1, 0.15) is 61.8 Å². The zero-order valence-electron chi connectivity index (χ0n) is 19.9. The molecule has 0 aliphatic carbocycles. The molecule has 0 amide bonds. The Balaban J connectivity index is 0.000000541. The molecule has 4 heteroatoms. The summed E-state index contributed by atoms with van der Waals surface area (Å²) < 4.78 is 21.7. The van der Waals surface area contributed by atoms with E-state index in [0.717, 1.165) is 19.6 Å². The minimum Gasteiger partial charge on any atom is -0.501 e. The van der Waals surface area contributed by atoms with Crippen LogP contribution in [0.4, 0.5) is 0 Å². The molecule has 29 heavy (non-hydrogen) atoms. The second-order valence-electron chi connectivity index (χ2n) is 9.38. The molecule has 0 fully saturated rings. The van der Waals surface area contributed by atoms with Crippen LogP contribution in [0.5, 0.6) is 0 Å². The molecule has 0 aromatic carbocycles. The van der Waals surface area contributed by atoms with Crippen LogP contribution >= 0.6 is 0 Å². The van der Waals surface area contributed by atoms with Crippen LogP contribution in [0.15, 0.2) is 49.4 Å². The van der Waals surface area contributed by atoms with Crippen molar-refractivity contribution in [2.24, 2.45) is 22.7 Å². The zero-order chi connectivity index (χ0) is 22.2. The lowest BCUT2D eigenvalue weighted by Crippen LogP contribution is -2.28. The first-order valence-electron chi connectivity index (χ1n) is 10.6. The standard InChI is InChI=1S/C13H24O2.C12H20O2/c1-6-8-14-10-12(13(3,4)5)11-15-9-7-2;1-12(2,3)11-9-13-7-5-4-6-8-14-10-11/h6-9,12H,10-11H2,1-5H3;5-8,11H,4,9-10H2,1-3H3. The fourth-order valence-corrected chi connectivity index (χ4v) is 2.30. The Kier molecular flexibility index (Phi) is 14.1. The van der Waals surface area contributed by atoms with Crippen LogP contribution in [0.3, 0.4) is 0 Å². The molecule has 0 radical (unpaired) electrons. The van der Waals surface area contributed by atoms with Crippen molar-refractivity contribution in [3.63, 3.8) is 0 Å². The van der Waals surface area contributed by atoms with E-state index in [9.17, 15) is 0 Å². The summed E-state index contributed by atoms with van der Waals surface area (Å²) in [4.78, 5) is 0. The fraction of sp³-hybridized carbons (Fsp3) is 0.680. The van der Waals surface area contributed by atoms with Crippen molar-refractivity contribution in [1.82, 2.24) is 0 Å². The first-order valence-corrected chi connectivity index (χ1v) is 10.6. The third kappa shape index (κ3) is 14.8. The largest absolute Gasteiger partial charge is 0.501 e. The van der Waals surface area contributed by atoms with Gasteiger partial charge in [-0.3, -0.25) is 0 Å². The van der Waals surface area contributed by atoms with Gasteiger partial charge in [0.15, 0.2) is 0 Å². The van der Waals surface area contributed by atoms with Crippen LogP contribution in [0.2, 0.25) is 0 Å². The fourth-order valence-electron chi connectivity index (χ4n) is 2.30. The van der Waals surface area contributed by atoms with Gasteiger partial charge >= 0.3 is 0 Å². The topological polar surface area (TPSA) is 36.9 Å². The molecule has 0 spiro atoms. The number of allylic oxidation sites excluding steroid dienone is 4. The van der Waals surface area contributed by atoms with Gasteiger partial charge in [-0.15, -0.1) is 0 Å². The van der Waals surface area contributed by atoms with Crippen molar-refractivity contribution in [2.75, 3.05) is 26.4 Å². The predicted molar refractivity (Wildman–Crippen MR) is 122 cm³/mol. The van der Waals surface area contributed by atoms with Crippen LogP contribution in [-0.2, 0) is 18.9 Å². The Morgan fingerprint density at radius 2 is 1.31 bits per heavy atom. The van der Waals surface area contributed by atoms with Crippen LogP contribution < -0.4 is 0 Å². The van der Waals surface area contributed by atoms with E-state index in [1.165, 1.54) is 0 Å². The third-order valence-electron chi connectivity index (χ3n) is 4.76. The molecule has 0 atom stereocenters. The van der Waals surface area contributed by atoms with E-state index >= 15 is 0 Å². The monoisotopic (exact) mass is 408 g/mol. The highest BCUT2D eigenvalue weighted by molar-refractivity contribution is 4.88. The number of hydrogen-bond donors (Lipinski definition) is 0. The number of ether oxygens (including phenoxy) is 4. The van der Waals surface area contributed by atoms with Gasteiger partial charge < -0.3 is 18.9 Å². The Labute approximate surface area is 179 Å². The first kappa shape index (κ1) is 27.2. The van der Waals surface area contributed by atoms with E-state index in [0.29, 0.717) is 25.0 Å². The van der Waals surface area contributed by atoms with Gasteiger partial charge in [-0.05, 0) is 43.3 Å². The van der Waals surface area contributed by atoms with Crippen molar-refractivity contribution >= 4 is 0 Å².